The first kappa shape index (κ1) is 9.21. The van der Waals surface area contributed by atoms with Gasteiger partial charge in [0.05, 0.1) is 0 Å². The summed E-state index contributed by atoms with van der Waals surface area (Å²) < 4.78 is 5.17. The summed E-state index contributed by atoms with van der Waals surface area (Å²) >= 11 is 0. The molecule has 0 bridgehead atoms. The molecule has 0 saturated carbocycles. The summed E-state index contributed by atoms with van der Waals surface area (Å²) in [5, 5.41) is 3.12. The van der Waals surface area contributed by atoms with Crippen molar-refractivity contribution in [3.8, 4) is 0 Å². The average molecular weight is 191 g/mol. The first-order valence-corrected chi connectivity index (χ1v) is 4.64. The third-order valence-electron chi connectivity index (χ3n) is 2.22. The van der Waals surface area contributed by atoms with Crippen LogP contribution in [0.3, 0.4) is 0 Å². The molecule has 0 amide bonds. The average Bonchev–Trinajstić information content (AvgIpc) is 2.41. The Bertz CT molecular complexity index is 346. The van der Waals surface area contributed by atoms with E-state index in [0.717, 1.165) is 5.56 Å². The molecule has 1 N–H and O–H groups in total. The highest BCUT2D eigenvalue weighted by Gasteiger charge is 2.39. The van der Waals surface area contributed by atoms with Crippen molar-refractivity contribution in [2.75, 3.05) is 0 Å². The monoisotopic (exact) mass is 191 g/mol. The maximum Gasteiger partial charge on any atom is 0.329 e. The number of hydrogen-bond donors (Lipinski definition) is 1. The molecule has 1 aliphatic rings. The molecule has 0 spiro atoms. The van der Waals surface area contributed by atoms with Crippen molar-refractivity contribution >= 4 is 5.97 Å². The van der Waals surface area contributed by atoms with Crippen molar-refractivity contribution in [2.24, 2.45) is 0 Å². The summed E-state index contributed by atoms with van der Waals surface area (Å²) in [5.41, 5.74) is 0.389. The Morgan fingerprint density at radius 3 is 2.43 bits per heavy atom. The Morgan fingerprint density at radius 2 is 1.93 bits per heavy atom. The molecule has 1 heterocycles. The van der Waals surface area contributed by atoms with Crippen molar-refractivity contribution < 1.29 is 9.53 Å². The maximum absolute atomic E-state index is 11.5. The zero-order chi connectivity index (χ0) is 10.2. The van der Waals surface area contributed by atoms with E-state index in [2.05, 4.69) is 5.32 Å². The van der Waals surface area contributed by atoms with Gasteiger partial charge in [0.1, 0.15) is 6.04 Å². The number of ether oxygens (including phenoxy) is 1. The number of carbonyl (C=O) groups is 1. The highest BCUT2D eigenvalue weighted by molar-refractivity contribution is 5.80. The van der Waals surface area contributed by atoms with Gasteiger partial charge in [0.2, 0.25) is 0 Å². The summed E-state index contributed by atoms with van der Waals surface area (Å²) in [6.45, 7) is 3.68. The molecular formula is C11H13NO2. The van der Waals surface area contributed by atoms with E-state index in [0.29, 0.717) is 0 Å². The first-order chi connectivity index (χ1) is 6.58. The van der Waals surface area contributed by atoms with E-state index >= 15 is 0 Å². The molecule has 0 aliphatic carbocycles. The summed E-state index contributed by atoms with van der Waals surface area (Å²) in [7, 11) is 0. The van der Waals surface area contributed by atoms with Crippen LogP contribution >= 0.6 is 0 Å². The zero-order valence-corrected chi connectivity index (χ0v) is 8.28. The van der Waals surface area contributed by atoms with Crippen LogP contribution in [-0.2, 0) is 9.53 Å². The molecule has 1 atom stereocenters. The molecule has 0 aromatic heterocycles. The van der Waals surface area contributed by atoms with Crippen LogP contribution < -0.4 is 5.32 Å². The molecule has 1 fully saturated rings. The van der Waals surface area contributed by atoms with Crippen LogP contribution in [0.4, 0.5) is 0 Å². The van der Waals surface area contributed by atoms with Crippen molar-refractivity contribution in [1.82, 2.24) is 5.32 Å². The van der Waals surface area contributed by atoms with Gasteiger partial charge < -0.3 is 4.74 Å². The minimum atomic E-state index is -0.558. The van der Waals surface area contributed by atoms with Crippen LogP contribution in [0.1, 0.15) is 25.5 Å². The van der Waals surface area contributed by atoms with E-state index < -0.39 is 5.72 Å². The lowest BCUT2D eigenvalue weighted by atomic mass is 10.1. The van der Waals surface area contributed by atoms with Gasteiger partial charge >= 0.3 is 5.97 Å². The molecule has 0 radical (unpaired) electrons. The van der Waals surface area contributed by atoms with Gasteiger partial charge in [-0.1, -0.05) is 30.3 Å². The molecule has 1 aliphatic heterocycles. The van der Waals surface area contributed by atoms with E-state index in [1.165, 1.54) is 0 Å². The quantitative estimate of drug-likeness (QED) is 0.685. The second-order valence-corrected chi connectivity index (χ2v) is 3.92. The van der Waals surface area contributed by atoms with Gasteiger partial charge in [0, 0.05) is 0 Å². The van der Waals surface area contributed by atoms with Crippen molar-refractivity contribution in [3.63, 3.8) is 0 Å². The van der Waals surface area contributed by atoms with Crippen LogP contribution in [0.5, 0.6) is 0 Å². The Hall–Kier alpha value is -1.35. The Morgan fingerprint density at radius 1 is 1.29 bits per heavy atom. The molecule has 14 heavy (non-hydrogen) atoms. The van der Waals surface area contributed by atoms with E-state index in [-0.39, 0.29) is 12.0 Å². The topological polar surface area (TPSA) is 38.3 Å². The van der Waals surface area contributed by atoms with E-state index in [9.17, 15) is 4.79 Å². The number of nitrogens with one attached hydrogen (secondary N) is 1. The van der Waals surface area contributed by atoms with Crippen molar-refractivity contribution in [2.45, 2.75) is 25.6 Å². The minimum Gasteiger partial charge on any atom is -0.443 e. The summed E-state index contributed by atoms with van der Waals surface area (Å²) in [5.74, 6) is -0.207. The second kappa shape index (κ2) is 3.10. The van der Waals surface area contributed by atoms with E-state index in [1.807, 2.05) is 44.2 Å². The molecular weight excluding hydrogens is 178 g/mol. The largest absolute Gasteiger partial charge is 0.443 e. The highest BCUT2D eigenvalue weighted by Crippen LogP contribution is 2.26. The fourth-order valence-corrected chi connectivity index (χ4v) is 1.61. The fourth-order valence-electron chi connectivity index (χ4n) is 1.61. The van der Waals surface area contributed by atoms with Gasteiger partial charge in [-0.05, 0) is 19.4 Å². The molecule has 2 rings (SSSR count). The number of cyclic esters (lactones) is 1. The third kappa shape index (κ3) is 1.63. The predicted octanol–water partition coefficient (Wildman–Crippen LogP) is 1.61. The molecule has 1 unspecified atom stereocenters. The van der Waals surface area contributed by atoms with Crippen LogP contribution in [0, 0.1) is 0 Å². The Balaban J connectivity index is 2.26. The van der Waals surface area contributed by atoms with Gasteiger partial charge in [-0.3, -0.25) is 5.32 Å². The summed E-state index contributed by atoms with van der Waals surface area (Å²) in [6.07, 6.45) is 0. The molecule has 74 valence electrons. The lowest BCUT2D eigenvalue weighted by Gasteiger charge is -2.16. The van der Waals surface area contributed by atoms with Crippen LogP contribution in [0.15, 0.2) is 30.3 Å². The molecule has 3 heteroatoms. The third-order valence-corrected chi connectivity index (χ3v) is 2.22. The predicted molar refractivity (Wildman–Crippen MR) is 52.5 cm³/mol. The van der Waals surface area contributed by atoms with Gasteiger partial charge in [0.15, 0.2) is 5.72 Å². The number of esters is 1. The highest BCUT2D eigenvalue weighted by atomic mass is 16.6. The molecule has 3 nitrogen and oxygen atoms in total. The smallest absolute Gasteiger partial charge is 0.329 e. The van der Waals surface area contributed by atoms with Crippen molar-refractivity contribution in [3.05, 3.63) is 35.9 Å². The van der Waals surface area contributed by atoms with Crippen LogP contribution in [0.2, 0.25) is 0 Å². The molecule has 1 saturated heterocycles. The number of rotatable bonds is 1. The van der Waals surface area contributed by atoms with Crippen LogP contribution in [-0.4, -0.2) is 11.7 Å². The number of hydrogen-bond acceptors (Lipinski definition) is 3. The summed E-state index contributed by atoms with van der Waals surface area (Å²) in [6, 6.07) is 9.26. The molecule has 1 aromatic carbocycles. The second-order valence-electron chi connectivity index (χ2n) is 3.92. The SMILES string of the molecule is CC1(C)NC(c2ccccc2)C(=O)O1. The minimum absolute atomic E-state index is 0.207. The molecule has 1 aromatic rings. The van der Waals surface area contributed by atoms with Crippen molar-refractivity contribution in [1.29, 1.82) is 0 Å². The maximum atomic E-state index is 11.5. The van der Waals surface area contributed by atoms with Gasteiger partial charge in [-0.25, -0.2) is 4.79 Å². The van der Waals surface area contributed by atoms with Crippen LogP contribution in [0.25, 0.3) is 0 Å². The standard InChI is InChI=1S/C11H13NO2/c1-11(2)12-9(10(13)14-11)8-6-4-3-5-7-8/h3-7,9,12H,1-2H3. The van der Waals surface area contributed by atoms with Gasteiger partial charge in [-0.15, -0.1) is 0 Å². The number of benzene rings is 1. The van der Waals surface area contributed by atoms with E-state index in [1.54, 1.807) is 0 Å². The fraction of sp³-hybridized carbons (Fsp3) is 0.364. The first-order valence-electron chi connectivity index (χ1n) is 4.64. The van der Waals surface area contributed by atoms with Gasteiger partial charge in [0.25, 0.3) is 0 Å². The lowest BCUT2D eigenvalue weighted by Crippen LogP contribution is -2.34. The Labute approximate surface area is 83.1 Å². The lowest BCUT2D eigenvalue weighted by molar-refractivity contribution is -0.147. The van der Waals surface area contributed by atoms with Gasteiger partial charge in [-0.2, -0.15) is 0 Å². The Kier molecular flexibility index (Phi) is 2.04. The summed E-state index contributed by atoms with van der Waals surface area (Å²) in [4.78, 5) is 11.5. The zero-order valence-electron chi connectivity index (χ0n) is 8.28. The number of carbonyl (C=O) groups excluding carboxylic acids is 1. The van der Waals surface area contributed by atoms with E-state index in [4.69, 9.17) is 4.74 Å². The normalized spacial score (nSPS) is 24.7.